The van der Waals surface area contributed by atoms with Crippen LogP contribution in [0.1, 0.15) is 129 Å². The van der Waals surface area contributed by atoms with Crippen LogP contribution in [0.5, 0.6) is 0 Å². The van der Waals surface area contributed by atoms with Crippen LogP contribution in [0, 0.1) is 0 Å². The fourth-order valence-corrected chi connectivity index (χ4v) is 4.23. The number of hydrogen-bond donors (Lipinski definition) is 1. The maximum atomic E-state index is 11.4. The molecule has 6 heteroatoms. The fourth-order valence-electron chi connectivity index (χ4n) is 3.45. The van der Waals surface area contributed by atoms with Gasteiger partial charge < -0.3 is 9.66 Å². The third kappa shape index (κ3) is 16.4. The van der Waals surface area contributed by atoms with Crippen LogP contribution >= 0.6 is 0 Å². The minimum Gasteiger partial charge on any atom is -0.746 e. The summed E-state index contributed by atoms with van der Waals surface area (Å²) in [5.41, 5.74) is 0. The molecular weight excluding hydrogens is 371 g/mol. The molecule has 0 aromatic carbocycles. The Morgan fingerprint density at radius 2 is 0.889 bits per heavy atom. The summed E-state index contributed by atoms with van der Waals surface area (Å²) in [5, 5.41) is 10.3. The minimum absolute atomic E-state index is 0. The van der Waals surface area contributed by atoms with Gasteiger partial charge in [-0.25, -0.2) is 8.42 Å². The molecule has 0 bridgehead atoms. The Morgan fingerprint density at radius 1 is 0.630 bits per heavy atom. The van der Waals surface area contributed by atoms with Crippen molar-refractivity contribution in [2.75, 3.05) is 0 Å². The largest absolute Gasteiger partial charge is 1.00 e. The van der Waals surface area contributed by atoms with E-state index in [9.17, 15) is 18.1 Å². The predicted molar refractivity (Wildman–Crippen MR) is 109 cm³/mol. The van der Waals surface area contributed by atoms with Gasteiger partial charge in [-0.15, -0.1) is 0 Å². The Labute approximate surface area is 191 Å². The second-order valence-electron chi connectivity index (χ2n) is 7.85. The van der Waals surface area contributed by atoms with Crippen molar-refractivity contribution in [1.29, 1.82) is 0 Å². The molecule has 158 valence electrons. The van der Waals surface area contributed by atoms with Crippen molar-refractivity contribution < 1.29 is 47.6 Å². The van der Waals surface area contributed by atoms with E-state index < -0.39 is 15.1 Å². The molecule has 1 N–H and O–H groups in total. The number of aliphatic hydroxyl groups is 1. The third-order valence-electron chi connectivity index (χ3n) is 5.31. The number of rotatable bonds is 19. The van der Waals surface area contributed by atoms with E-state index in [1.54, 1.807) is 0 Å². The van der Waals surface area contributed by atoms with Crippen LogP contribution in [-0.2, 0) is 10.1 Å². The van der Waals surface area contributed by atoms with E-state index in [4.69, 9.17) is 0 Å². The topological polar surface area (TPSA) is 77.4 Å². The van der Waals surface area contributed by atoms with Crippen molar-refractivity contribution in [1.82, 2.24) is 0 Å². The first kappa shape index (κ1) is 30.1. The quantitative estimate of drug-likeness (QED) is 0.200. The Kier molecular flexibility index (Phi) is 21.0. The van der Waals surface area contributed by atoms with Gasteiger partial charge in [0.15, 0.2) is 4.93 Å². The Hall–Kier alpha value is 0.870. The second kappa shape index (κ2) is 18.9. The van der Waals surface area contributed by atoms with E-state index in [0.717, 1.165) is 38.5 Å². The summed E-state index contributed by atoms with van der Waals surface area (Å²) in [6, 6.07) is 0. The molecule has 1 atom stereocenters. The van der Waals surface area contributed by atoms with E-state index in [1.807, 2.05) is 0 Å². The van der Waals surface area contributed by atoms with Gasteiger partial charge in [0.05, 0.1) is 0 Å². The molecule has 0 aliphatic rings. The van der Waals surface area contributed by atoms with Crippen molar-refractivity contribution in [2.45, 2.75) is 134 Å². The number of unbranched alkanes of at least 4 members (excludes halogenated alkanes) is 14. The summed E-state index contributed by atoms with van der Waals surface area (Å²) in [5.74, 6) is 0. The minimum atomic E-state index is -4.66. The molecule has 0 heterocycles. The summed E-state index contributed by atoms with van der Waals surface area (Å²) in [7, 11) is -4.66. The van der Waals surface area contributed by atoms with Gasteiger partial charge >= 0.3 is 29.6 Å². The molecule has 0 saturated carbocycles. The van der Waals surface area contributed by atoms with Crippen molar-refractivity contribution in [2.24, 2.45) is 0 Å². The molecule has 0 rings (SSSR count). The van der Waals surface area contributed by atoms with Crippen molar-refractivity contribution >= 4 is 10.1 Å². The SMILES string of the molecule is CCCCCCCCCCCCCCC(O)(CCCCCC)S(=O)(=O)[O-].[Na+]. The summed E-state index contributed by atoms with van der Waals surface area (Å²) < 4.78 is 34.3. The molecule has 0 radical (unpaired) electrons. The molecule has 1 unspecified atom stereocenters. The molecule has 0 saturated heterocycles. The summed E-state index contributed by atoms with van der Waals surface area (Å²) in [6.45, 7) is 4.31. The monoisotopic (exact) mass is 414 g/mol. The molecule has 0 spiro atoms. The Morgan fingerprint density at radius 3 is 1.19 bits per heavy atom. The van der Waals surface area contributed by atoms with Gasteiger partial charge in [-0.2, -0.15) is 0 Å². The first-order chi connectivity index (χ1) is 12.4. The van der Waals surface area contributed by atoms with Crippen LogP contribution in [0.15, 0.2) is 0 Å². The average molecular weight is 415 g/mol. The third-order valence-corrected chi connectivity index (χ3v) is 6.65. The molecule has 0 aliphatic carbocycles. The first-order valence-corrected chi connectivity index (χ1v) is 12.5. The maximum absolute atomic E-state index is 11.4. The van der Waals surface area contributed by atoms with Gasteiger partial charge in [-0.05, 0) is 25.7 Å². The van der Waals surface area contributed by atoms with E-state index in [1.165, 1.54) is 51.4 Å². The van der Waals surface area contributed by atoms with Crippen LogP contribution < -0.4 is 29.6 Å². The van der Waals surface area contributed by atoms with Gasteiger partial charge in [-0.3, -0.25) is 0 Å². The Balaban J connectivity index is 0. The van der Waals surface area contributed by atoms with Gasteiger partial charge in [0.25, 0.3) is 0 Å². The van der Waals surface area contributed by atoms with Crippen molar-refractivity contribution in [3.05, 3.63) is 0 Å². The smallest absolute Gasteiger partial charge is 0.746 e. The normalized spacial score (nSPS) is 13.9. The molecule has 0 fully saturated rings. The van der Waals surface area contributed by atoms with E-state index in [-0.39, 0.29) is 42.4 Å². The standard InChI is InChI=1S/C21H44O4S.Na/c1-3-5-7-9-10-11-12-13-14-15-16-18-20-21(22,26(23,24)25)19-17-8-6-4-2;/h22H,3-20H2,1-2H3,(H,23,24,25);/q;+1/p-1. The van der Waals surface area contributed by atoms with Gasteiger partial charge in [0.1, 0.15) is 10.1 Å². The van der Waals surface area contributed by atoms with E-state index >= 15 is 0 Å². The summed E-state index contributed by atoms with van der Waals surface area (Å²) >= 11 is 0. The molecule has 0 aliphatic heterocycles. The molecule has 0 aromatic rings. The molecule has 27 heavy (non-hydrogen) atoms. The van der Waals surface area contributed by atoms with E-state index in [0.29, 0.717) is 12.8 Å². The summed E-state index contributed by atoms with van der Waals surface area (Å²) in [6.07, 6.45) is 17.9. The van der Waals surface area contributed by atoms with Gasteiger partial charge in [-0.1, -0.05) is 104 Å². The zero-order valence-electron chi connectivity index (χ0n) is 18.3. The summed E-state index contributed by atoms with van der Waals surface area (Å²) in [4.78, 5) is -2.06. The molecule has 4 nitrogen and oxygen atoms in total. The zero-order valence-corrected chi connectivity index (χ0v) is 21.1. The van der Waals surface area contributed by atoms with Crippen LogP contribution in [0.3, 0.4) is 0 Å². The van der Waals surface area contributed by atoms with Crippen LogP contribution in [-0.4, -0.2) is 23.0 Å². The fraction of sp³-hybridized carbons (Fsp3) is 1.00. The number of hydrogen-bond acceptors (Lipinski definition) is 4. The predicted octanol–water partition coefficient (Wildman–Crippen LogP) is 3.29. The van der Waals surface area contributed by atoms with Crippen LogP contribution in [0.2, 0.25) is 0 Å². The molecule has 0 amide bonds. The van der Waals surface area contributed by atoms with E-state index in [2.05, 4.69) is 13.8 Å². The van der Waals surface area contributed by atoms with Crippen molar-refractivity contribution in [3.63, 3.8) is 0 Å². The van der Waals surface area contributed by atoms with Gasteiger partial charge in [0, 0.05) is 0 Å². The van der Waals surface area contributed by atoms with Crippen LogP contribution in [0.4, 0.5) is 0 Å². The van der Waals surface area contributed by atoms with Crippen molar-refractivity contribution in [3.8, 4) is 0 Å². The average Bonchev–Trinajstić information content (AvgIpc) is 2.59. The molecule has 0 aromatic heterocycles. The second-order valence-corrected chi connectivity index (χ2v) is 9.52. The van der Waals surface area contributed by atoms with Crippen LogP contribution in [0.25, 0.3) is 0 Å². The molecular formula is C21H43NaO4S. The first-order valence-electron chi connectivity index (χ1n) is 11.0. The maximum Gasteiger partial charge on any atom is 1.00 e. The van der Waals surface area contributed by atoms with Gasteiger partial charge in [0.2, 0.25) is 0 Å². The zero-order chi connectivity index (χ0) is 19.7. The Bertz CT molecular complexity index is 414.